The summed E-state index contributed by atoms with van der Waals surface area (Å²) in [6.45, 7) is 4.38. The first-order valence-electron chi connectivity index (χ1n) is 9.48. The molecule has 1 aromatic heterocycles. The van der Waals surface area contributed by atoms with Gasteiger partial charge in [-0.05, 0) is 44.0 Å². The second-order valence-electron chi connectivity index (χ2n) is 7.07. The van der Waals surface area contributed by atoms with Crippen LogP contribution in [-0.2, 0) is 11.3 Å². The summed E-state index contributed by atoms with van der Waals surface area (Å²) in [5.74, 6) is -0.115. The van der Waals surface area contributed by atoms with Gasteiger partial charge in [0.05, 0.1) is 19.3 Å². The first-order valence-corrected chi connectivity index (χ1v) is 9.48. The lowest BCUT2D eigenvalue weighted by molar-refractivity contribution is -0.0228. The molecule has 0 radical (unpaired) electrons. The van der Waals surface area contributed by atoms with Crippen molar-refractivity contribution in [3.63, 3.8) is 0 Å². The Balaban J connectivity index is 1.41. The molecule has 1 atom stereocenters. The minimum absolute atomic E-state index is 0.0414. The Morgan fingerprint density at radius 3 is 2.63 bits per heavy atom. The molecule has 2 heterocycles. The highest BCUT2D eigenvalue weighted by atomic mass is 16.5. The normalized spacial score (nSPS) is 19.7. The van der Waals surface area contributed by atoms with Crippen LogP contribution in [-0.4, -0.2) is 52.2 Å². The van der Waals surface area contributed by atoms with Gasteiger partial charge >= 0.3 is 0 Å². The van der Waals surface area contributed by atoms with E-state index >= 15 is 0 Å². The minimum atomic E-state index is -0.161. The highest BCUT2D eigenvalue weighted by Crippen LogP contribution is 2.23. The number of rotatable bonds is 5. The predicted octanol–water partition coefficient (Wildman–Crippen LogP) is 2.01. The third-order valence-electron chi connectivity index (χ3n) is 5.01. The van der Waals surface area contributed by atoms with Gasteiger partial charge in [0.15, 0.2) is 0 Å². The Labute approximate surface area is 158 Å². The molecule has 0 spiro atoms. The van der Waals surface area contributed by atoms with E-state index < -0.39 is 0 Å². The number of ether oxygens (including phenoxy) is 1. The van der Waals surface area contributed by atoms with Gasteiger partial charge < -0.3 is 15.0 Å². The lowest BCUT2D eigenvalue weighted by atomic mass is 10.1. The number of hydrogen-bond acceptors (Lipinski definition) is 4. The molecule has 1 saturated heterocycles. The Bertz CT molecular complexity index is 826. The maximum atomic E-state index is 12.9. The summed E-state index contributed by atoms with van der Waals surface area (Å²) in [6, 6.07) is 7.21. The zero-order chi connectivity index (χ0) is 18.8. The largest absolute Gasteiger partial charge is 0.370 e. The summed E-state index contributed by atoms with van der Waals surface area (Å²) < 4.78 is 7.68. The van der Waals surface area contributed by atoms with Gasteiger partial charge in [-0.3, -0.25) is 14.3 Å². The van der Waals surface area contributed by atoms with E-state index in [1.54, 1.807) is 35.4 Å². The number of aryl methyl sites for hydroxylation is 1. The molecule has 1 aliphatic heterocycles. The number of amides is 2. The highest BCUT2D eigenvalue weighted by Gasteiger charge is 2.27. The fraction of sp³-hybridized carbons (Fsp3) is 0.450. The quantitative estimate of drug-likeness (QED) is 0.876. The van der Waals surface area contributed by atoms with Crippen LogP contribution < -0.4 is 5.32 Å². The van der Waals surface area contributed by atoms with Crippen LogP contribution in [0, 0.1) is 0 Å². The standard InChI is InChI=1S/C20H24N4O3/c1-2-24-12-16(11-21-24)18-13-23(9-10-27-18)20(26)15-5-3-14(4-6-15)19(25)22-17-7-8-17/h3-6,11-12,17-18H,2,7-10,13H2,1H3,(H,22,25). The molecule has 2 aliphatic rings. The van der Waals surface area contributed by atoms with Gasteiger partial charge in [0.1, 0.15) is 6.10 Å². The summed E-state index contributed by atoms with van der Waals surface area (Å²) in [7, 11) is 0. The SMILES string of the molecule is CCn1cc(C2CN(C(=O)c3ccc(C(=O)NC4CC4)cc3)CCO2)cn1. The first-order chi connectivity index (χ1) is 13.1. The van der Waals surface area contributed by atoms with Crippen molar-refractivity contribution >= 4 is 11.8 Å². The van der Waals surface area contributed by atoms with Crippen molar-refractivity contribution in [3.05, 3.63) is 53.3 Å². The van der Waals surface area contributed by atoms with Gasteiger partial charge in [-0.15, -0.1) is 0 Å². The summed E-state index contributed by atoms with van der Waals surface area (Å²) in [5.41, 5.74) is 2.16. The lowest BCUT2D eigenvalue weighted by Gasteiger charge is -2.32. The van der Waals surface area contributed by atoms with Crippen LogP contribution in [0.3, 0.4) is 0 Å². The average Bonchev–Trinajstić information content (AvgIpc) is 3.39. The van der Waals surface area contributed by atoms with Crippen LogP contribution in [0.1, 0.15) is 52.1 Å². The van der Waals surface area contributed by atoms with E-state index in [1.807, 2.05) is 17.8 Å². The lowest BCUT2D eigenvalue weighted by Crippen LogP contribution is -2.42. The van der Waals surface area contributed by atoms with Crippen LogP contribution in [0.5, 0.6) is 0 Å². The third-order valence-corrected chi connectivity index (χ3v) is 5.01. The zero-order valence-electron chi connectivity index (χ0n) is 15.4. The number of benzene rings is 1. The second kappa shape index (κ2) is 7.52. The van der Waals surface area contributed by atoms with E-state index in [0.717, 1.165) is 24.9 Å². The van der Waals surface area contributed by atoms with Gasteiger partial charge in [0.2, 0.25) is 0 Å². The molecular formula is C20H24N4O3. The molecular weight excluding hydrogens is 344 g/mol. The van der Waals surface area contributed by atoms with Crippen LogP contribution in [0.4, 0.5) is 0 Å². The van der Waals surface area contributed by atoms with Gasteiger partial charge in [-0.2, -0.15) is 5.10 Å². The molecule has 7 heteroatoms. The number of aromatic nitrogens is 2. The molecule has 27 heavy (non-hydrogen) atoms. The third kappa shape index (κ3) is 4.03. The van der Waals surface area contributed by atoms with Crippen molar-refractivity contribution in [2.24, 2.45) is 0 Å². The molecule has 2 fully saturated rings. The van der Waals surface area contributed by atoms with Crippen LogP contribution in [0.15, 0.2) is 36.7 Å². The van der Waals surface area contributed by atoms with E-state index in [4.69, 9.17) is 4.74 Å². The molecule has 0 bridgehead atoms. The molecule has 142 valence electrons. The van der Waals surface area contributed by atoms with Crippen molar-refractivity contribution in [3.8, 4) is 0 Å². The number of morpholine rings is 1. The summed E-state index contributed by atoms with van der Waals surface area (Å²) in [4.78, 5) is 26.7. The number of carbonyl (C=O) groups is 2. The van der Waals surface area contributed by atoms with Gasteiger partial charge in [-0.25, -0.2) is 0 Å². The number of hydrogen-bond donors (Lipinski definition) is 1. The van der Waals surface area contributed by atoms with Crippen molar-refractivity contribution < 1.29 is 14.3 Å². The fourth-order valence-corrected chi connectivity index (χ4v) is 3.20. The number of nitrogens with one attached hydrogen (secondary N) is 1. The molecule has 1 N–H and O–H groups in total. The Hall–Kier alpha value is -2.67. The molecule has 2 aromatic rings. The predicted molar refractivity (Wildman–Crippen MR) is 99.4 cm³/mol. The zero-order valence-corrected chi connectivity index (χ0v) is 15.4. The maximum Gasteiger partial charge on any atom is 0.254 e. The Kier molecular flexibility index (Phi) is 4.94. The van der Waals surface area contributed by atoms with E-state index in [9.17, 15) is 9.59 Å². The molecule has 7 nitrogen and oxygen atoms in total. The molecule has 1 saturated carbocycles. The maximum absolute atomic E-state index is 12.9. The second-order valence-corrected chi connectivity index (χ2v) is 7.07. The number of nitrogens with zero attached hydrogens (tertiary/aromatic N) is 3. The van der Waals surface area contributed by atoms with Crippen LogP contribution in [0.25, 0.3) is 0 Å². The Morgan fingerprint density at radius 2 is 1.96 bits per heavy atom. The number of carbonyl (C=O) groups excluding carboxylic acids is 2. The minimum Gasteiger partial charge on any atom is -0.370 e. The van der Waals surface area contributed by atoms with E-state index in [2.05, 4.69) is 10.4 Å². The molecule has 2 amide bonds. The molecule has 1 unspecified atom stereocenters. The average molecular weight is 368 g/mol. The first kappa shape index (κ1) is 17.7. The van der Waals surface area contributed by atoms with Crippen molar-refractivity contribution in [2.45, 2.75) is 38.5 Å². The van der Waals surface area contributed by atoms with E-state index in [0.29, 0.717) is 36.9 Å². The van der Waals surface area contributed by atoms with Gasteiger partial charge in [0.25, 0.3) is 11.8 Å². The summed E-state index contributed by atoms with van der Waals surface area (Å²) in [6.07, 6.45) is 5.71. The van der Waals surface area contributed by atoms with Crippen molar-refractivity contribution in [1.82, 2.24) is 20.0 Å². The van der Waals surface area contributed by atoms with Crippen molar-refractivity contribution in [2.75, 3.05) is 19.7 Å². The topological polar surface area (TPSA) is 76.5 Å². The molecule has 1 aliphatic carbocycles. The van der Waals surface area contributed by atoms with Gasteiger partial charge in [0, 0.05) is 42.0 Å². The fourth-order valence-electron chi connectivity index (χ4n) is 3.20. The monoisotopic (exact) mass is 368 g/mol. The summed E-state index contributed by atoms with van der Waals surface area (Å²) in [5, 5.41) is 7.24. The van der Waals surface area contributed by atoms with Gasteiger partial charge in [-0.1, -0.05) is 0 Å². The van der Waals surface area contributed by atoms with Crippen LogP contribution >= 0.6 is 0 Å². The smallest absolute Gasteiger partial charge is 0.254 e. The van der Waals surface area contributed by atoms with E-state index in [-0.39, 0.29) is 17.9 Å². The van der Waals surface area contributed by atoms with Crippen LogP contribution in [0.2, 0.25) is 0 Å². The summed E-state index contributed by atoms with van der Waals surface area (Å²) >= 11 is 0. The van der Waals surface area contributed by atoms with E-state index in [1.165, 1.54) is 0 Å². The van der Waals surface area contributed by atoms with Crippen molar-refractivity contribution in [1.29, 1.82) is 0 Å². The highest BCUT2D eigenvalue weighted by molar-refractivity contribution is 5.98. The molecule has 4 rings (SSSR count). The molecule has 1 aromatic carbocycles. The Morgan fingerprint density at radius 1 is 1.22 bits per heavy atom.